The van der Waals surface area contributed by atoms with Gasteiger partial charge in [0.1, 0.15) is 23.3 Å². The lowest BCUT2D eigenvalue weighted by Crippen LogP contribution is -2.50. The molecule has 3 atom stereocenters. The smallest absolute Gasteiger partial charge is 0.278 e. The first kappa shape index (κ1) is 29.8. The summed E-state index contributed by atoms with van der Waals surface area (Å²) in [6.07, 6.45) is 6.94. The molecule has 4 aromatic heterocycles. The van der Waals surface area contributed by atoms with Gasteiger partial charge in [0.25, 0.3) is 5.91 Å². The molecular weight excluding hydrogens is 598 g/mol. The van der Waals surface area contributed by atoms with Crippen LogP contribution in [0.1, 0.15) is 48.4 Å². The lowest BCUT2D eigenvalue weighted by Gasteiger charge is -2.40. The number of para-hydroxylation sites is 1. The van der Waals surface area contributed by atoms with Crippen molar-refractivity contribution < 1.29 is 9.53 Å². The number of carbonyl (C=O) groups excluding carboxylic acids is 1. The van der Waals surface area contributed by atoms with E-state index in [-0.39, 0.29) is 11.6 Å². The minimum Gasteiger partial charge on any atom is -0.492 e. The first-order chi connectivity index (χ1) is 22.3. The van der Waals surface area contributed by atoms with Crippen molar-refractivity contribution in [1.82, 2.24) is 19.6 Å². The highest BCUT2D eigenvalue weighted by molar-refractivity contribution is 6.34. The fourth-order valence-electron chi connectivity index (χ4n) is 7.41. The molecule has 0 spiro atoms. The van der Waals surface area contributed by atoms with E-state index < -0.39 is 5.54 Å². The molecule has 1 aliphatic heterocycles. The molecule has 2 aliphatic rings. The molecule has 0 N–H and O–H groups in total. The minimum absolute atomic E-state index is 0.170. The van der Waals surface area contributed by atoms with Crippen molar-refractivity contribution >= 4 is 34.5 Å². The van der Waals surface area contributed by atoms with Gasteiger partial charge < -0.3 is 14.5 Å². The zero-order valence-corrected chi connectivity index (χ0v) is 26.8. The van der Waals surface area contributed by atoms with Crippen molar-refractivity contribution in [3.8, 4) is 22.9 Å². The van der Waals surface area contributed by atoms with Gasteiger partial charge in [0.2, 0.25) is 0 Å². The highest BCUT2D eigenvalue weighted by Crippen LogP contribution is 2.49. The number of ether oxygens (including phenoxy) is 1. The largest absolute Gasteiger partial charge is 0.492 e. The van der Waals surface area contributed by atoms with Crippen LogP contribution in [0.2, 0.25) is 5.02 Å². The number of amides is 1. The lowest BCUT2D eigenvalue weighted by molar-refractivity contribution is 0.0952. The van der Waals surface area contributed by atoms with Crippen LogP contribution in [0.5, 0.6) is 5.75 Å². The molecular formula is C36H34ClN7O2. The summed E-state index contributed by atoms with van der Waals surface area (Å²) in [7, 11) is 0. The van der Waals surface area contributed by atoms with Crippen LogP contribution in [-0.2, 0) is 0 Å². The van der Waals surface area contributed by atoms with Gasteiger partial charge in [0, 0.05) is 47.3 Å². The number of halogens is 1. The molecule has 0 bridgehead atoms. The van der Waals surface area contributed by atoms with Gasteiger partial charge in [-0.2, -0.15) is 10.4 Å². The summed E-state index contributed by atoms with van der Waals surface area (Å²) in [5.41, 5.74) is 4.47. The Morgan fingerprint density at radius 3 is 2.54 bits per heavy atom. The first-order valence-electron chi connectivity index (χ1n) is 15.6. The number of nitriles is 1. The van der Waals surface area contributed by atoms with Gasteiger partial charge in [-0.05, 0) is 87.9 Å². The fraction of sp³-hybridized carbons (Fsp3) is 0.306. The Kier molecular flexibility index (Phi) is 7.61. The molecule has 9 nitrogen and oxygen atoms in total. The van der Waals surface area contributed by atoms with E-state index in [1.54, 1.807) is 23.0 Å². The molecule has 2 fully saturated rings. The topological polar surface area (TPSA) is 99.6 Å². The van der Waals surface area contributed by atoms with Crippen molar-refractivity contribution in [1.29, 1.82) is 5.26 Å². The molecule has 46 heavy (non-hydrogen) atoms. The SMILES string of the molecule is CCOc1cc(-c2ccc(N3C[C@@H]4CC(C)(N(C(=O)c5nc(C)ccc5Cl)c5ccccc5)C[C@@H]4C3)nc2)c2c(C#N)cnn2c1. The Labute approximate surface area is 273 Å². The molecule has 232 valence electrons. The molecule has 1 unspecified atom stereocenters. The third-order valence-corrected chi connectivity index (χ3v) is 9.63. The van der Waals surface area contributed by atoms with Crippen molar-refractivity contribution in [2.24, 2.45) is 11.8 Å². The second-order valence-electron chi connectivity index (χ2n) is 12.5. The number of fused-ring (bicyclic) bond motifs is 2. The second-order valence-corrected chi connectivity index (χ2v) is 12.9. The van der Waals surface area contributed by atoms with E-state index >= 15 is 0 Å². The Morgan fingerprint density at radius 2 is 1.87 bits per heavy atom. The summed E-state index contributed by atoms with van der Waals surface area (Å²) in [5, 5.41) is 14.4. The third-order valence-electron chi connectivity index (χ3n) is 9.33. The summed E-state index contributed by atoms with van der Waals surface area (Å²) in [4.78, 5) is 27.9. The van der Waals surface area contributed by atoms with E-state index in [0.29, 0.717) is 34.8 Å². The fourth-order valence-corrected chi connectivity index (χ4v) is 7.59. The maximum absolute atomic E-state index is 14.2. The number of hydrogen-bond acceptors (Lipinski definition) is 7. The van der Waals surface area contributed by atoms with Crippen LogP contribution in [0, 0.1) is 30.1 Å². The van der Waals surface area contributed by atoms with Crippen molar-refractivity contribution in [3.63, 3.8) is 0 Å². The zero-order valence-electron chi connectivity index (χ0n) is 26.0. The number of rotatable bonds is 7. The Hall–Kier alpha value is -4.94. The van der Waals surface area contributed by atoms with Crippen LogP contribution in [0.4, 0.5) is 11.5 Å². The number of benzene rings is 1. The van der Waals surface area contributed by atoms with Crippen LogP contribution in [0.15, 0.2) is 79.3 Å². The second kappa shape index (κ2) is 11.8. The van der Waals surface area contributed by atoms with E-state index in [1.807, 2.05) is 79.5 Å². The number of pyridine rings is 3. The maximum Gasteiger partial charge on any atom is 0.278 e. The quantitative estimate of drug-likeness (QED) is 0.191. The lowest BCUT2D eigenvalue weighted by atomic mass is 9.93. The predicted octanol–water partition coefficient (Wildman–Crippen LogP) is 6.98. The van der Waals surface area contributed by atoms with Crippen LogP contribution >= 0.6 is 11.6 Å². The first-order valence-corrected chi connectivity index (χ1v) is 15.9. The molecule has 1 amide bonds. The van der Waals surface area contributed by atoms with Gasteiger partial charge in [0.05, 0.1) is 35.1 Å². The minimum atomic E-state index is -0.396. The average molecular weight is 632 g/mol. The highest BCUT2D eigenvalue weighted by atomic mass is 35.5. The highest BCUT2D eigenvalue weighted by Gasteiger charge is 2.51. The molecule has 1 saturated carbocycles. The number of aromatic nitrogens is 4. The Bertz CT molecular complexity index is 1950. The van der Waals surface area contributed by atoms with Gasteiger partial charge >= 0.3 is 0 Å². The van der Waals surface area contributed by atoms with Crippen LogP contribution in [0.25, 0.3) is 16.6 Å². The summed E-state index contributed by atoms with van der Waals surface area (Å²) >= 11 is 6.52. The van der Waals surface area contributed by atoms with E-state index in [9.17, 15) is 10.1 Å². The average Bonchev–Trinajstić information content (AvgIpc) is 3.74. The molecule has 10 heteroatoms. The number of aryl methyl sites for hydroxylation is 1. The molecule has 1 aromatic carbocycles. The summed E-state index contributed by atoms with van der Waals surface area (Å²) < 4.78 is 7.46. The van der Waals surface area contributed by atoms with Gasteiger partial charge in [-0.15, -0.1) is 0 Å². The number of anilines is 2. The number of hydrogen-bond donors (Lipinski definition) is 0. The van der Waals surface area contributed by atoms with Crippen molar-refractivity contribution in [2.75, 3.05) is 29.5 Å². The predicted molar refractivity (Wildman–Crippen MR) is 178 cm³/mol. The van der Waals surface area contributed by atoms with Crippen LogP contribution < -0.4 is 14.5 Å². The maximum atomic E-state index is 14.2. The van der Waals surface area contributed by atoms with E-state index in [4.69, 9.17) is 21.3 Å². The number of nitrogens with zero attached hydrogens (tertiary/aromatic N) is 7. The van der Waals surface area contributed by atoms with Crippen molar-refractivity contribution in [2.45, 2.75) is 39.2 Å². The monoisotopic (exact) mass is 631 g/mol. The van der Waals surface area contributed by atoms with E-state index in [1.165, 1.54) is 0 Å². The van der Waals surface area contributed by atoms with E-state index in [0.717, 1.165) is 59.8 Å². The molecule has 5 aromatic rings. The van der Waals surface area contributed by atoms with Crippen molar-refractivity contribution in [3.05, 3.63) is 101 Å². The van der Waals surface area contributed by atoms with Gasteiger partial charge in [-0.1, -0.05) is 29.8 Å². The Morgan fingerprint density at radius 1 is 1.11 bits per heavy atom. The summed E-state index contributed by atoms with van der Waals surface area (Å²) in [5.74, 6) is 2.23. The van der Waals surface area contributed by atoms with Gasteiger partial charge in [0.15, 0.2) is 0 Å². The number of carbonyl (C=O) groups is 1. The van der Waals surface area contributed by atoms with E-state index in [2.05, 4.69) is 28.0 Å². The zero-order chi connectivity index (χ0) is 32.0. The molecule has 1 saturated heterocycles. The molecule has 7 rings (SSSR count). The summed E-state index contributed by atoms with van der Waals surface area (Å²) in [6, 6.07) is 21.7. The Balaban J connectivity index is 1.13. The van der Waals surface area contributed by atoms with Gasteiger partial charge in [-0.25, -0.2) is 14.5 Å². The molecule has 1 aliphatic carbocycles. The normalized spacial score (nSPS) is 20.5. The summed E-state index contributed by atoms with van der Waals surface area (Å²) in [6.45, 7) is 8.25. The molecule has 0 radical (unpaired) electrons. The van der Waals surface area contributed by atoms with Gasteiger partial charge in [-0.3, -0.25) is 4.79 Å². The molecule has 5 heterocycles. The third kappa shape index (κ3) is 5.23. The standard InChI is InChI=1S/C36H34ClN7O2/c1-4-46-29-14-30(34-27(17-38)19-40-43(34)22-29)24-11-13-32(39-18-24)42-20-25-15-36(3,16-26(25)21-42)44(28-8-6-5-7-9-28)35(45)33-31(37)12-10-23(2)41-33/h5-14,18-19,22,25-26H,4,15-16,20-21H2,1-3H3/t25-,26+,36?. The van der Waals surface area contributed by atoms with Crippen LogP contribution in [0.3, 0.4) is 0 Å². The van der Waals surface area contributed by atoms with Crippen LogP contribution in [-0.4, -0.2) is 50.7 Å².